The molecule has 0 radical (unpaired) electrons. The Morgan fingerprint density at radius 3 is 2.68 bits per heavy atom. The van der Waals surface area contributed by atoms with E-state index in [1.54, 1.807) is 19.9 Å². The van der Waals surface area contributed by atoms with Gasteiger partial charge in [0.25, 0.3) is 0 Å². The Morgan fingerprint density at radius 2 is 2.05 bits per heavy atom. The van der Waals surface area contributed by atoms with Gasteiger partial charge in [0.15, 0.2) is 0 Å². The van der Waals surface area contributed by atoms with Gasteiger partial charge in [0, 0.05) is 0 Å². The third kappa shape index (κ3) is 5.30. The molecule has 0 saturated carbocycles. The van der Waals surface area contributed by atoms with Crippen LogP contribution in [0.5, 0.6) is 5.75 Å². The van der Waals surface area contributed by atoms with Gasteiger partial charge in [-0.2, -0.15) is 0 Å². The molecule has 0 unspecified atom stereocenters. The number of ether oxygens (including phenoxy) is 1. The summed E-state index contributed by atoms with van der Waals surface area (Å²) in [6, 6.07) is 7.33. The number of rotatable bonds is 8. The first-order valence-electron chi connectivity index (χ1n) is 6.52. The highest BCUT2D eigenvalue weighted by Crippen LogP contribution is 2.23. The first-order chi connectivity index (χ1) is 8.95. The largest absolute Gasteiger partial charge is 0.494 e. The van der Waals surface area contributed by atoms with Crippen molar-refractivity contribution in [1.82, 2.24) is 0 Å². The van der Waals surface area contributed by atoms with E-state index in [4.69, 9.17) is 14.9 Å². The quantitative estimate of drug-likeness (QED) is 0.710. The van der Waals surface area contributed by atoms with Crippen molar-refractivity contribution in [2.24, 2.45) is 5.41 Å². The zero-order valence-electron chi connectivity index (χ0n) is 11.6. The maximum Gasteiger partial charge on any atom is 0.309 e. The molecule has 0 spiro atoms. The van der Waals surface area contributed by atoms with E-state index in [0.29, 0.717) is 13.0 Å². The average molecular weight is 266 g/mol. The van der Waals surface area contributed by atoms with Gasteiger partial charge in [-0.3, -0.25) is 4.79 Å². The molecule has 2 N–H and O–H groups in total. The second-order valence-electron chi connectivity index (χ2n) is 5.30. The number of benzene rings is 1. The van der Waals surface area contributed by atoms with Crippen LogP contribution < -0.4 is 4.74 Å². The zero-order valence-corrected chi connectivity index (χ0v) is 11.6. The normalized spacial score (nSPS) is 11.3. The minimum Gasteiger partial charge on any atom is -0.494 e. The van der Waals surface area contributed by atoms with Crippen molar-refractivity contribution < 1.29 is 19.7 Å². The minimum absolute atomic E-state index is 0.00397. The van der Waals surface area contributed by atoms with Crippen LogP contribution in [0.1, 0.15) is 38.7 Å². The smallest absolute Gasteiger partial charge is 0.309 e. The fourth-order valence-corrected chi connectivity index (χ4v) is 1.70. The van der Waals surface area contributed by atoms with Crippen LogP contribution in [-0.4, -0.2) is 22.8 Å². The summed E-state index contributed by atoms with van der Waals surface area (Å²) in [4.78, 5) is 10.9. The van der Waals surface area contributed by atoms with Gasteiger partial charge in [-0.1, -0.05) is 12.1 Å². The molecule has 1 aromatic rings. The first kappa shape index (κ1) is 15.5. The number of carboxylic acid groups (broad SMARTS) is 1. The Kier molecular flexibility index (Phi) is 5.83. The predicted octanol–water partition coefficient (Wildman–Crippen LogP) is 2.84. The highest BCUT2D eigenvalue weighted by atomic mass is 16.5. The first-order valence-corrected chi connectivity index (χ1v) is 6.52. The summed E-state index contributed by atoms with van der Waals surface area (Å²) >= 11 is 0. The van der Waals surface area contributed by atoms with E-state index in [0.717, 1.165) is 24.2 Å². The highest BCUT2D eigenvalue weighted by molar-refractivity contribution is 5.73. The SMILES string of the molecule is CC(C)(CCCCOc1cccc(CO)c1)C(=O)O. The molecule has 0 saturated heterocycles. The fraction of sp³-hybridized carbons (Fsp3) is 0.533. The van der Waals surface area contributed by atoms with E-state index >= 15 is 0 Å². The standard InChI is InChI=1S/C15H22O4/c1-15(2,14(17)18)8-3-4-9-19-13-7-5-6-12(10-13)11-16/h5-7,10,16H,3-4,8-9,11H2,1-2H3,(H,17,18). The lowest BCUT2D eigenvalue weighted by Gasteiger charge is -2.18. The number of hydrogen-bond donors (Lipinski definition) is 2. The van der Waals surface area contributed by atoms with Crippen LogP contribution in [0.4, 0.5) is 0 Å². The summed E-state index contributed by atoms with van der Waals surface area (Å²) in [7, 11) is 0. The van der Waals surface area contributed by atoms with Crippen molar-refractivity contribution in [2.45, 2.75) is 39.7 Å². The minimum atomic E-state index is -0.760. The van der Waals surface area contributed by atoms with Gasteiger partial charge in [0.05, 0.1) is 18.6 Å². The molecule has 0 aromatic heterocycles. The molecule has 19 heavy (non-hydrogen) atoms. The third-order valence-electron chi connectivity index (χ3n) is 3.12. The summed E-state index contributed by atoms with van der Waals surface area (Å²) in [5.41, 5.74) is 0.154. The Morgan fingerprint density at radius 1 is 1.32 bits per heavy atom. The van der Waals surface area contributed by atoms with Crippen LogP contribution in [0.15, 0.2) is 24.3 Å². The zero-order chi connectivity index (χ0) is 14.3. The molecule has 1 rings (SSSR count). The maximum atomic E-state index is 10.9. The number of carbonyl (C=O) groups is 1. The van der Waals surface area contributed by atoms with E-state index < -0.39 is 11.4 Å². The molecule has 4 nitrogen and oxygen atoms in total. The Hall–Kier alpha value is -1.55. The summed E-state index contributed by atoms with van der Waals surface area (Å²) in [6.45, 7) is 4.04. The monoisotopic (exact) mass is 266 g/mol. The van der Waals surface area contributed by atoms with Crippen LogP contribution in [0.25, 0.3) is 0 Å². The number of aliphatic carboxylic acids is 1. The molecule has 1 aromatic carbocycles. The van der Waals surface area contributed by atoms with Crippen LogP contribution in [0.2, 0.25) is 0 Å². The topological polar surface area (TPSA) is 66.8 Å². The molecule has 0 fully saturated rings. The molecular formula is C15H22O4. The van der Waals surface area contributed by atoms with Gasteiger partial charge in [-0.15, -0.1) is 0 Å². The van der Waals surface area contributed by atoms with Crippen molar-refractivity contribution in [3.05, 3.63) is 29.8 Å². The number of hydrogen-bond acceptors (Lipinski definition) is 3. The lowest BCUT2D eigenvalue weighted by atomic mass is 9.87. The molecule has 0 aliphatic carbocycles. The van der Waals surface area contributed by atoms with Crippen molar-refractivity contribution in [2.75, 3.05) is 6.61 Å². The third-order valence-corrected chi connectivity index (χ3v) is 3.12. The van der Waals surface area contributed by atoms with E-state index in [1.165, 1.54) is 0 Å². The molecule has 0 aliphatic heterocycles. The van der Waals surface area contributed by atoms with Gasteiger partial charge in [0.1, 0.15) is 5.75 Å². The molecule has 106 valence electrons. The van der Waals surface area contributed by atoms with Gasteiger partial charge < -0.3 is 14.9 Å². The van der Waals surface area contributed by atoms with Crippen LogP contribution in [0.3, 0.4) is 0 Å². The van der Waals surface area contributed by atoms with Crippen molar-refractivity contribution >= 4 is 5.97 Å². The fourth-order valence-electron chi connectivity index (χ4n) is 1.70. The van der Waals surface area contributed by atoms with Crippen molar-refractivity contribution in [3.63, 3.8) is 0 Å². The van der Waals surface area contributed by atoms with E-state index in [2.05, 4.69) is 0 Å². The lowest BCUT2D eigenvalue weighted by Crippen LogP contribution is -2.23. The molecule has 4 heteroatoms. The van der Waals surface area contributed by atoms with Gasteiger partial charge in [0.2, 0.25) is 0 Å². The Balaban J connectivity index is 2.26. The van der Waals surface area contributed by atoms with Crippen LogP contribution in [0, 0.1) is 5.41 Å². The van der Waals surface area contributed by atoms with Gasteiger partial charge in [-0.25, -0.2) is 0 Å². The predicted molar refractivity (Wildman–Crippen MR) is 73.1 cm³/mol. The van der Waals surface area contributed by atoms with E-state index in [9.17, 15) is 4.79 Å². The lowest BCUT2D eigenvalue weighted by molar-refractivity contribution is -0.147. The summed E-state index contributed by atoms with van der Waals surface area (Å²) < 4.78 is 5.57. The van der Waals surface area contributed by atoms with E-state index in [1.807, 2.05) is 18.2 Å². The number of aliphatic hydroxyl groups excluding tert-OH is 1. The van der Waals surface area contributed by atoms with Gasteiger partial charge >= 0.3 is 5.97 Å². The maximum absolute atomic E-state index is 10.9. The van der Waals surface area contributed by atoms with Gasteiger partial charge in [-0.05, 0) is 50.8 Å². The Bertz CT molecular complexity index is 412. The van der Waals surface area contributed by atoms with Crippen molar-refractivity contribution in [1.29, 1.82) is 0 Å². The molecule has 0 heterocycles. The molecule has 0 aliphatic rings. The second-order valence-corrected chi connectivity index (χ2v) is 5.30. The molecular weight excluding hydrogens is 244 g/mol. The summed E-state index contributed by atoms with van der Waals surface area (Å²) in [5, 5.41) is 18.0. The highest BCUT2D eigenvalue weighted by Gasteiger charge is 2.25. The van der Waals surface area contributed by atoms with Crippen molar-refractivity contribution in [3.8, 4) is 5.75 Å². The molecule has 0 bridgehead atoms. The Labute approximate surface area is 114 Å². The van der Waals surface area contributed by atoms with Crippen LogP contribution in [-0.2, 0) is 11.4 Å². The average Bonchev–Trinajstić information content (AvgIpc) is 2.38. The van der Waals surface area contributed by atoms with E-state index in [-0.39, 0.29) is 6.61 Å². The second kappa shape index (κ2) is 7.14. The number of carboxylic acids is 1. The molecule has 0 amide bonds. The number of unbranched alkanes of at least 4 members (excludes halogenated alkanes) is 1. The summed E-state index contributed by atoms with van der Waals surface area (Å²) in [5.74, 6) is -0.0203. The van der Waals surface area contributed by atoms with Crippen LogP contribution >= 0.6 is 0 Å². The molecule has 0 atom stereocenters. The summed E-state index contributed by atoms with van der Waals surface area (Å²) in [6.07, 6.45) is 2.28. The number of aliphatic hydroxyl groups is 1.